The Labute approximate surface area is 109 Å². The maximum absolute atomic E-state index is 11.1. The number of nitrogens with two attached hydrogens (primary N) is 2. The molecule has 0 aromatic rings. The Hall–Kier alpha value is -1.55. The van der Waals surface area contributed by atoms with E-state index in [0.29, 0.717) is 0 Å². The van der Waals surface area contributed by atoms with E-state index >= 15 is 0 Å². The van der Waals surface area contributed by atoms with Crippen molar-refractivity contribution in [1.29, 1.82) is 0 Å². The van der Waals surface area contributed by atoms with Crippen molar-refractivity contribution in [2.24, 2.45) is 17.4 Å². The van der Waals surface area contributed by atoms with E-state index in [1.165, 1.54) is 0 Å². The smallest absolute Gasteiger partial charge is 0.220 e. The number of primary amides is 1. The number of allylic oxidation sites excluding steroid dienone is 3. The first kappa shape index (κ1) is 14.5. The molecule has 4 heteroatoms. The topological polar surface area (TPSA) is 72.3 Å². The molecule has 0 atom stereocenters. The number of nitrogens with zero attached hydrogens (tertiary/aromatic N) is 1. The van der Waals surface area contributed by atoms with E-state index in [-0.39, 0.29) is 11.8 Å². The SMILES string of the molecule is C=C/C=C(CN1CCC(C(N)=O)CC1)\C(N)=C/C. The van der Waals surface area contributed by atoms with Gasteiger partial charge in [-0.1, -0.05) is 24.8 Å². The number of piperidine rings is 1. The van der Waals surface area contributed by atoms with Gasteiger partial charge in [0.05, 0.1) is 0 Å². The normalized spacial score (nSPS) is 19.8. The highest BCUT2D eigenvalue weighted by Crippen LogP contribution is 2.18. The molecule has 1 saturated heterocycles. The Morgan fingerprint density at radius 2 is 2.00 bits per heavy atom. The second-order valence-electron chi connectivity index (χ2n) is 4.62. The lowest BCUT2D eigenvalue weighted by Crippen LogP contribution is -2.39. The van der Waals surface area contributed by atoms with Gasteiger partial charge in [-0.05, 0) is 38.4 Å². The van der Waals surface area contributed by atoms with Gasteiger partial charge in [0.2, 0.25) is 5.91 Å². The molecular formula is C14H23N3O. The van der Waals surface area contributed by atoms with Crippen LogP contribution in [0.1, 0.15) is 19.8 Å². The van der Waals surface area contributed by atoms with E-state index in [1.54, 1.807) is 6.08 Å². The maximum atomic E-state index is 11.1. The second-order valence-corrected chi connectivity index (χ2v) is 4.62. The lowest BCUT2D eigenvalue weighted by atomic mass is 9.96. The van der Waals surface area contributed by atoms with Crippen molar-refractivity contribution < 1.29 is 4.79 Å². The molecule has 1 fully saturated rings. The minimum absolute atomic E-state index is 0.0344. The molecule has 0 bridgehead atoms. The van der Waals surface area contributed by atoms with Gasteiger partial charge in [-0.3, -0.25) is 9.69 Å². The third kappa shape index (κ3) is 4.04. The average Bonchev–Trinajstić information content (AvgIpc) is 2.38. The van der Waals surface area contributed by atoms with Crippen LogP contribution in [0.2, 0.25) is 0 Å². The van der Waals surface area contributed by atoms with Gasteiger partial charge in [-0.25, -0.2) is 0 Å². The fourth-order valence-electron chi connectivity index (χ4n) is 2.18. The summed E-state index contributed by atoms with van der Waals surface area (Å²) in [6, 6.07) is 0. The predicted octanol–water partition coefficient (Wildman–Crippen LogP) is 1.16. The number of amides is 1. The highest BCUT2D eigenvalue weighted by molar-refractivity contribution is 5.76. The Morgan fingerprint density at radius 3 is 2.44 bits per heavy atom. The molecule has 1 amide bonds. The summed E-state index contributed by atoms with van der Waals surface area (Å²) in [6.07, 6.45) is 7.27. The molecule has 1 aliphatic heterocycles. The fourth-order valence-corrected chi connectivity index (χ4v) is 2.18. The Balaban J connectivity index is 2.56. The molecule has 4 N–H and O–H groups in total. The predicted molar refractivity (Wildman–Crippen MR) is 74.6 cm³/mol. The first-order valence-corrected chi connectivity index (χ1v) is 6.34. The van der Waals surface area contributed by atoms with Crippen molar-refractivity contribution >= 4 is 5.91 Å². The van der Waals surface area contributed by atoms with Crippen LogP contribution in [-0.2, 0) is 4.79 Å². The lowest BCUT2D eigenvalue weighted by molar-refractivity contribution is -0.123. The van der Waals surface area contributed by atoms with Gasteiger partial charge >= 0.3 is 0 Å². The molecule has 100 valence electrons. The van der Waals surface area contributed by atoms with Gasteiger partial charge < -0.3 is 11.5 Å². The first-order valence-electron chi connectivity index (χ1n) is 6.34. The molecule has 0 unspecified atom stereocenters. The van der Waals surface area contributed by atoms with Crippen LogP contribution < -0.4 is 11.5 Å². The molecule has 0 aliphatic carbocycles. The molecule has 0 aromatic carbocycles. The zero-order valence-electron chi connectivity index (χ0n) is 11.1. The van der Waals surface area contributed by atoms with E-state index < -0.39 is 0 Å². The molecule has 1 rings (SSSR count). The summed E-state index contributed by atoms with van der Waals surface area (Å²) in [4.78, 5) is 13.4. The van der Waals surface area contributed by atoms with Gasteiger partial charge in [0.1, 0.15) is 0 Å². The summed E-state index contributed by atoms with van der Waals surface area (Å²) in [6.45, 7) is 8.20. The molecule has 4 nitrogen and oxygen atoms in total. The van der Waals surface area contributed by atoms with Crippen LogP contribution in [0.25, 0.3) is 0 Å². The van der Waals surface area contributed by atoms with Gasteiger partial charge in [0.25, 0.3) is 0 Å². The maximum Gasteiger partial charge on any atom is 0.220 e. The number of likely N-dealkylation sites (tertiary alicyclic amines) is 1. The monoisotopic (exact) mass is 249 g/mol. The Bertz CT molecular complexity index is 363. The molecule has 1 aliphatic rings. The number of carbonyl (C=O) groups is 1. The third-order valence-corrected chi connectivity index (χ3v) is 3.38. The lowest BCUT2D eigenvalue weighted by Gasteiger charge is -2.31. The fraction of sp³-hybridized carbons (Fsp3) is 0.500. The summed E-state index contributed by atoms with van der Waals surface area (Å²) in [7, 11) is 0. The molecule has 0 aromatic heterocycles. The third-order valence-electron chi connectivity index (χ3n) is 3.38. The van der Waals surface area contributed by atoms with Crippen molar-refractivity contribution in [1.82, 2.24) is 4.90 Å². The van der Waals surface area contributed by atoms with E-state index in [1.807, 2.05) is 19.1 Å². The van der Waals surface area contributed by atoms with Crippen LogP contribution in [0.15, 0.2) is 36.1 Å². The van der Waals surface area contributed by atoms with E-state index in [0.717, 1.165) is 43.7 Å². The molecule has 0 spiro atoms. The number of carbonyl (C=O) groups excluding carboxylic acids is 1. The Kier molecular flexibility index (Phi) is 5.65. The van der Waals surface area contributed by atoms with E-state index in [2.05, 4.69) is 11.5 Å². The molecular weight excluding hydrogens is 226 g/mol. The van der Waals surface area contributed by atoms with Crippen LogP contribution in [0.4, 0.5) is 0 Å². The van der Waals surface area contributed by atoms with Crippen molar-refractivity contribution in [3.05, 3.63) is 36.1 Å². The quantitative estimate of drug-likeness (QED) is 0.718. The summed E-state index contributed by atoms with van der Waals surface area (Å²) < 4.78 is 0. The number of hydrogen-bond acceptors (Lipinski definition) is 3. The minimum atomic E-state index is -0.176. The van der Waals surface area contributed by atoms with Crippen LogP contribution in [-0.4, -0.2) is 30.4 Å². The summed E-state index contributed by atoms with van der Waals surface area (Å²) in [5, 5.41) is 0. The summed E-state index contributed by atoms with van der Waals surface area (Å²) >= 11 is 0. The Morgan fingerprint density at radius 1 is 1.39 bits per heavy atom. The average molecular weight is 249 g/mol. The minimum Gasteiger partial charge on any atom is -0.399 e. The van der Waals surface area contributed by atoms with Crippen molar-refractivity contribution in [2.45, 2.75) is 19.8 Å². The zero-order chi connectivity index (χ0) is 13.5. The highest BCUT2D eigenvalue weighted by atomic mass is 16.1. The summed E-state index contributed by atoms with van der Waals surface area (Å²) in [5.41, 5.74) is 13.1. The largest absolute Gasteiger partial charge is 0.399 e. The molecule has 0 radical (unpaired) electrons. The van der Waals surface area contributed by atoms with Crippen LogP contribution in [0.3, 0.4) is 0 Å². The van der Waals surface area contributed by atoms with Crippen LogP contribution in [0, 0.1) is 5.92 Å². The van der Waals surface area contributed by atoms with Crippen molar-refractivity contribution in [3.63, 3.8) is 0 Å². The van der Waals surface area contributed by atoms with Crippen molar-refractivity contribution in [2.75, 3.05) is 19.6 Å². The second kappa shape index (κ2) is 7.01. The number of rotatable bonds is 5. The molecule has 18 heavy (non-hydrogen) atoms. The summed E-state index contributed by atoms with van der Waals surface area (Å²) in [5.74, 6) is -0.142. The van der Waals surface area contributed by atoms with Crippen LogP contribution >= 0.6 is 0 Å². The molecule has 0 saturated carbocycles. The highest BCUT2D eigenvalue weighted by Gasteiger charge is 2.23. The van der Waals surface area contributed by atoms with Gasteiger partial charge in [-0.15, -0.1) is 0 Å². The van der Waals surface area contributed by atoms with E-state index in [4.69, 9.17) is 11.5 Å². The standard InChI is InChI=1S/C14H23N3O/c1-3-5-12(13(15)4-2)10-17-8-6-11(7-9-17)14(16)18/h3-5,11H,1,6-10,15H2,2H3,(H2,16,18)/b12-5-,13-4+. The van der Waals surface area contributed by atoms with Crippen molar-refractivity contribution in [3.8, 4) is 0 Å². The van der Waals surface area contributed by atoms with Gasteiger partial charge in [-0.2, -0.15) is 0 Å². The first-order chi connectivity index (χ1) is 8.58. The molecule has 1 heterocycles. The van der Waals surface area contributed by atoms with Gasteiger partial charge in [0.15, 0.2) is 0 Å². The van der Waals surface area contributed by atoms with Crippen LogP contribution in [0.5, 0.6) is 0 Å². The van der Waals surface area contributed by atoms with Gasteiger partial charge in [0, 0.05) is 18.2 Å². The van der Waals surface area contributed by atoms with E-state index in [9.17, 15) is 4.79 Å². The zero-order valence-corrected chi connectivity index (χ0v) is 11.1. The number of hydrogen-bond donors (Lipinski definition) is 2.